The predicted molar refractivity (Wildman–Crippen MR) is 61.2 cm³/mol. The van der Waals surface area contributed by atoms with E-state index in [1.807, 2.05) is 13.8 Å². The van der Waals surface area contributed by atoms with E-state index >= 15 is 0 Å². The molecular formula is C13H16O2. The highest BCUT2D eigenvalue weighted by atomic mass is 16.5. The Balaban J connectivity index is 2.38. The van der Waals surface area contributed by atoms with Crippen LogP contribution in [-0.2, 0) is 9.47 Å². The average molecular weight is 204 g/mol. The summed E-state index contributed by atoms with van der Waals surface area (Å²) in [6.45, 7) is 7.44. The molecule has 0 saturated heterocycles. The maximum atomic E-state index is 5.60. The van der Waals surface area contributed by atoms with Crippen molar-refractivity contribution in [3.8, 4) is 0 Å². The van der Waals surface area contributed by atoms with Gasteiger partial charge < -0.3 is 9.47 Å². The molecule has 2 nitrogen and oxygen atoms in total. The van der Waals surface area contributed by atoms with Gasteiger partial charge in [0.15, 0.2) is 11.5 Å². The highest BCUT2D eigenvalue weighted by Crippen LogP contribution is 2.43. The Kier molecular flexibility index (Phi) is 2.67. The molecule has 15 heavy (non-hydrogen) atoms. The quantitative estimate of drug-likeness (QED) is 0.749. The Morgan fingerprint density at radius 2 is 1.67 bits per heavy atom. The standard InChI is InChI=1S/C13H16O2/c1-4-14-12-10-8-6-7-9(3)11(10)13(12)15-5-2/h6-8H,4-5H2,1-3H3. The highest BCUT2D eigenvalue weighted by molar-refractivity contribution is 5.99. The van der Waals surface area contributed by atoms with Crippen LogP contribution < -0.4 is 0 Å². The fourth-order valence-corrected chi connectivity index (χ4v) is 1.90. The van der Waals surface area contributed by atoms with E-state index in [9.17, 15) is 0 Å². The molecule has 0 aliphatic heterocycles. The van der Waals surface area contributed by atoms with Gasteiger partial charge in [-0.15, -0.1) is 0 Å². The van der Waals surface area contributed by atoms with Crippen LogP contribution in [-0.4, -0.2) is 13.2 Å². The van der Waals surface area contributed by atoms with Crippen LogP contribution in [0.5, 0.6) is 0 Å². The van der Waals surface area contributed by atoms with Gasteiger partial charge in [0.2, 0.25) is 0 Å². The summed E-state index contributed by atoms with van der Waals surface area (Å²) in [5.74, 6) is 1.84. The molecule has 0 saturated carbocycles. The molecule has 0 N–H and O–H groups in total. The molecule has 0 atom stereocenters. The van der Waals surface area contributed by atoms with Crippen LogP contribution in [0.3, 0.4) is 0 Å². The fourth-order valence-electron chi connectivity index (χ4n) is 1.90. The highest BCUT2D eigenvalue weighted by Gasteiger charge is 2.30. The zero-order valence-electron chi connectivity index (χ0n) is 9.46. The molecule has 0 spiro atoms. The third-order valence-corrected chi connectivity index (χ3v) is 2.53. The summed E-state index contributed by atoms with van der Waals surface area (Å²) < 4.78 is 11.2. The van der Waals surface area contributed by atoms with Gasteiger partial charge in [-0.2, -0.15) is 0 Å². The second-order valence-corrected chi connectivity index (χ2v) is 3.52. The zero-order chi connectivity index (χ0) is 10.8. The van der Waals surface area contributed by atoms with E-state index in [2.05, 4.69) is 25.1 Å². The molecule has 1 aromatic carbocycles. The van der Waals surface area contributed by atoms with Gasteiger partial charge in [-0.1, -0.05) is 18.2 Å². The first-order valence-corrected chi connectivity index (χ1v) is 5.39. The molecule has 0 aromatic heterocycles. The van der Waals surface area contributed by atoms with E-state index < -0.39 is 0 Å². The van der Waals surface area contributed by atoms with Crippen molar-refractivity contribution in [3.05, 3.63) is 34.9 Å². The lowest BCUT2D eigenvalue weighted by atomic mass is 9.89. The smallest absolute Gasteiger partial charge is 0.170 e. The van der Waals surface area contributed by atoms with Crippen molar-refractivity contribution in [3.63, 3.8) is 0 Å². The summed E-state index contributed by atoms with van der Waals surface area (Å²) in [5, 5.41) is 0. The molecule has 2 heteroatoms. The van der Waals surface area contributed by atoms with Gasteiger partial charge in [0.05, 0.1) is 13.2 Å². The predicted octanol–water partition coefficient (Wildman–Crippen LogP) is 3.21. The molecule has 0 amide bonds. The number of hydrogen-bond donors (Lipinski definition) is 0. The summed E-state index contributed by atoms with van der Waals surface area (Å²) >= 11 is 0. The van der Waals surface area contributed by atoms with Crippen molar-refractivity contribution in [2.75, 3.05) is 13.2 Å². The molecule has 2 rings (SSSR count). The van der Waals surface area contributed by atoms with E-state index in [1.165, 1.54) is 16.7 Å². The Hall–Kier alpha value is -1.44. The van der Waals surface area contributed by atoms with Crippen LogP contribution in [0.25, 0.3) is 11.5 Å². The average Bonchev–Trinajstić information content (AvgIpc) is 2.23. The molecule has 1 aliphatic rings. The fraction of sp³-hybridized carbons (Fsp3) is 0.385. The van der Waals surface area contributed by atoms with Crippen LogP contribution >= 0.6 is 0 Å². The Bertz CT molecular complexity index is 405. The Morgan fingerprint density at radius 3 is 2.33 bits per heavy atom. The lowest BCUT2D eigenvalue weighted by Crippen LogP contribution is -2.13. The van der Waals surface area contributed by atoms with Gasteiger partial charge in [0.25, 0.3) is 0 Å². The molecule has 0 heterocycles. The minimum absolute atomic E-state index is 0.680. The number of ether oxygens (including phenoxy) is 2. The SMILES string of the molecule is CCOC1=C(OCC)c2c(C)cccc21. The summed E-state index contributed by atoms with van der Waals surface area (Å²) in [6.07, 6.45) is 0. The summed E-state index contributed by atoms with van der Waals surface area (Å²) in [7, 11) is 0. The molecule has 0 fully saturated rings. The topological polar surface area (TPSA) is 18.5 Å². The van der Waals surface area contributed by atoms with Crippen molar-refractivity contribution >= 4 is 11.5 Å². The Labute approximate surface area is 90.5 Å². The van der Waals surface area contributed by atoms with Gasteiger partial charge in [-0.25, -0.2) is 0 Å². The van der Waals surface area contributed by atoms with Gasteiger partial charge in [-0.05, 0) is 26.3 Å². The van der Waals surface area contributed by atoms with Gasteiger partial charge >= 0.3 is 0 Å². The van der Waals surface area contributed by atoms with Gasteiger partial charge in [0, 0.05) is 11.1 Å². The number of rotatable bonds is 4. The summed E-state index contributed by atoms with van der Waals surface area (Å²) in [5.41, 5.74) is 3.64. The maximum absolute atomic E-state index is 5.60. The van der Waals surface area contributed by atoms with Crippen molar-refractivity contribution in [2.24, 2.45) is 0 Å². The van der Waals surface area contributed by atoms with E-state index in [0.717, 1.165) is 11.5 Å². The second kappa shape index (κ2) is 3.97. The number of hydrogen-bond acceptors (Lipinski definition) is 2. The van der Waals surface area contributed by atoms with Crippen molar-refractivity contribution in [1.29, 1.82) is 0 Å². The minimum atomic E-state index is 0.680. The minimum Gasteiger partial charge on any atom is -0.489 e. The second-order valence-electron chi connectivity index (χ2n) is 3.52. The van der Waals surface area contributed by atoms with Crippen LogP contribution in [0.1, 0.15) is 30.5 Å². The van der Waals surface area contributed by atoms with Gasteiger partial charge in [-0.3, -0.25) is 0 Å². The maximum Gasteiger partial charge on any atom is 0.170 e. The first-order chi connectivity index (χ1) is 7.29. The lowest BCUT2D eigenvalue weighted by molar-refractivity contribution is 0.253. The van der Waals surface area contributed by atoms with Crippen LogP contribution in [0.4, 0.5) is 0 Å². The van der Waals surface area contributed by atoms with E-state index in [1.54, 1.807) is 0 Å². The van der Waals surface area contributed by atoms with E-state index in [-0.39, 0.29) is 0 Å². The molecular weight excluding hydrogens is 188 g/mol. The number of aryl methyl sites for hydroxylation is 1. The molecule has 0 bridgehead atoms. The monoisotopic (exact) mass is 204 g/mol. The van der Waals surface area contributed by atoms with Gasteiger partial charge in [0.1, 0.15) is 0 Å². The number of benzene rings is 1. The number of fused-ring (bicyclic) bond motifs is 1. The van der Waals surface area contributed by atoms with Crippen LogP contribution in [0.15, 0.2) is 18.2 Å². The molecule has 0 unspecified atom stereocenters. The van der Waals surface area contributed by atoms with Crippen molar-refractivity contribution in [1.82, 2.24) is 0 Å². The summed E-state index contributed by atoms with van der Waals surface area (Å²) in [6, 6.07) is 6.23. The third kappa shape index (κ3) is 1.50. The molecule has 1 aliphatic carbocycles. The first kappa shape index (κ1) is 10.1. The molecule has 0 radical (unpaired) electrons. The van der Waals surface area contributed by atoms with Crippen LogP contribution in [0, 0.1) is 6.92 Å². The lowest BCUT2D eigenvalue weighted by Gasteiger charge is -2.28. The van der Waals surface area contributed by atoms with Crippen molar-refractivity contribution in [2.45, 2.75) is 20.8 Å². The largest absolute Gasteiger partial charge is 0.489 e. The normalized spacial score (nSPS) is 13.3. The molecule has 80 valence electrons. The summed E-state index contributed by atoms with van der Waals surface area (Å²) in [4.78, 5) is 0. The van der Waals surface area contributed by atoms with Crippen molar-refractivity contribution < 1.29 is 9.47 Å². The first-order valence-electron chi connectivity index (χ1n) is 5.39. The molecule has 1 aromatic rings. The van der Waals surface area contributed by atoms with Crippen LogP contribution in [0.2, 0.25) is 0 Å². The Morgan fingerprint density at radius 1 is 1.00 bits per heavy atom. The van der Waals surface area contributed by atoms with E-state index in [4.69, 9.17) is 9.47 Å². The zero-order valence-corrected chi connectivity index (χ0v) is 9.46. The third-order valence-electron chi connectivity index (χ3n) is 2.53. The van der Waals surface area contributed by atoms with E-state index in [0.29, 0.717) is 13.2 Å².